The number of aromatic hydroxyl groups is 1. The molecule has 0 aliphatic rings. The smallest absolute Gasteiger partial charge is 0.324 e. The van der Waals surface area contributed by atoms with Gasteiger partial charge in [0.25, 0.3) is 5.91 Å². The van der Waals surface area contributed by atoms with E-state index in [2.05, 4.69) is 10.6 Å². The molecule has 7 nitrogen and oxygen atoms in total. The Morgan fingerprint density at radius 1 is 1.13 bits per heavy atom. The fourth-order valence-electron chi connectivity index (χ4n) is 1.85. The molecule has 0 saturated carbocycles. The average molecular weight is 315 g/mol. The number of carbonyl (C=O) groups is 2. The summed E-state index contributed by atoms with van der Waals surface area (Å²) in [7, 11) is 0. The summed E-state index contributed by atoms with van der Waals surface area (Å²) in [6.45, 7) is 1.60. The number of ether oxygens (including phenoxy) is 1. The van der Waals surface area contributed by atoms with Gasteiger partial charge in [0.05, 0.1) is 5.56 Å². The van der Waals surface area contributed by atoms with Crippen LogP contribution in [-0.2, 0) is 0 Å². The van der Waals surface area contributed by atoms with Crippen molar-refractivity contribution in [1.29, 1.82) is 0 Å². The minimum absolute atomic E-state index is 0.113. The number of nitrogens with one attached hydrogen (secondary N) is 2. The van der Waals surface area contributed by atoms with E-state index in [4.69, 9.17) is 10.5 Å². The lowest BCUT2D eigenvalue weighted by molar-refractivity contribution is 0.0959. The molecule has 0 aliphatic carbocycles. The lowest BCUT2D eigenvalue weighted by Gasteiger charge is -2.16. The zero-order valence-electron chi connectivity index (χ0n) is 12.4. The van der Waals surface area contributed by atoms with Crippen LogP contribution in [0.15, 0.2) is 48.5 Å². The molecule has 7 heteroatoms. The van der Waals surface area contributed by atoms with E-state index in [1.54, 1.807) is 37.3 Å². The minimum Gasteiger partial charge on any atom is -0.508 e. The highest BCUT2D eigenvalue weighted by Gasteiger charge is 2.14. The van der Waals surface area contributed by atoms with E-state index < -0.39 is 18.2 Å². The van der Waals surface area contributed by atoms with Gasteiger partial charge in [-0.3, -0.25) is 10.1 Å². The molecule has 2 rings (SSSR count). The Labute approximate surface area is 133 Å². The van der Waals surface area contributed by atoms with Gasteiger partial charge in [0.2, 0.25) is 0 Å². The maximum Gasteiger partial charge on any atom is 0.324 e. The number of phenols is 1. The number of hydrogen-bond acceptors (Lipinski definition) is 5. The molecule has 0 heterocycles. The summed E-state index contributed by atoms with van der Waals surface area (Å²) in [5, 5.41) is 13.8. The van der Waals surface area contributed by atoms with Crippen molar-refractivity contribution in [3.8, 4) is 11.5 Å². The van der Waals surface area contributed by atoms with Gasteiger partial charge in [-0.2, -0.15) is 0 Å². The van der Waals surface area contributed by atoms with Gasteiger partial charge in [-0.15, -0.1) is 0 Å². The molecule has 0 aromatic heterocycles. The van der Waals surface area contributed by atoms with E-state index >= 15 is 0 Å². The van der Waals surface area contributed by atoms with Crippen LogP contribution in [0.25, 0.3) is 0 Å². The van der Waals surface area contributed by atoms with Crippen LogP contribution in [-0.4, -0.2) is 23.3 Å². The summed E-state index contributed by atoms with van der Waals surface area (Å²) < 4.78 is 5.43. The van der Waals surface area contributed by atoms with E-state index in [-0.39, 0.29) is 17.0 Å². The van der Waals surface area contributed by atoms with E-state index in [9.17, 15) is 14.7 Å². The fraction of sp³-hybridized carbons (Fsp3) is 0.125. The van der Waals surface area contributed by atoms with Crippen LogP contribution in [0.1, 0.15) is 17.3 Å². The number of hydrogen-bond donors (Lipinski definition) is 4. The summed E-state index contributed by atoms with van der Waals surface area (Å²) in [6, 6.07) is 11.8. The van der Waals surface area contributed by atoms with Crippen molar-refractivity contribution in [2.75, 3.05) is 5.73 Å². The number of amides is 3. The molecule has 0 fully saturated rings. The SMILES string of the molecule is CC(NC(=O)NC(=O)c1ccccc1N)Oc1ccc(O)cc1. The lowest BCUT2D eigenvalue weighted by Crippen LogP contribution is -2.45. The Hall–Kier alpha value is -3.22. The van der Waals surface area contributed by atoms with Crippen LogP contribution < -0.4 is 21.1 Å². The molecule has 0 saturated heterocycles. The highest BCUT2D eigenvalue weighted by molar-refractivity contribution is 6.07. The van der Waals surface area contributed by atoms with Gasteiger partial charge in [-0.25, -0.2) is 4.79 Å². The van der Waals surface area contributed by atoms with E-state index in [0.29, 0.717) is 5.75 Å². The van der Waals surface area contributed by atoms with Crippen molar-refractivity contribution in [2.45, 2.75) is 13.2 Å². The van der Waals surface area contributed by atoms with Gasteiger partial charge in [0.1, 0.15) is 11.5 Å². The quantitative estimate of drug-likeness (QED) is 0.508. The first-order chi connectivity index (χ1) is 11.0. The van der Waals surface area contributed by atoms with Gasteiger partial charge in [-0.1, -0.05) is 12.1 Å². The number of rotatable bonds is 4. The van der Waals surface area contributed by atoms with Gasteiger partial charge >= 0.3 is 6.03 Å². The largest absolute Gasteiger partial charge is 0.508 e. The number of nitrogen functional groups attached to an aromatic ring is 1. The summed E-state index contributed by atoms with van der Waals surface area (Å²) in [5.74, 6) is -0.0200. The number of anilines is 1. The van der Waals surface area contributed by atoms with E-state index in [1.807, 2.05) is 0 Å². The Balaban J connectivity index is 1.87. The number of urea groups is 1. The maximum atomic E-state index is 11.9. The standard InChI is InChI=1S/C16H17N3O4/c1-10(23-12-8-6-11(20)7-9-12)18-16(22)19-15(21)13-4-2-3-5-14(13)17/h2-10,20H,17H2,1H3,(H2,18,19,21,22). The molecule has 0 radical (unpaired) electrons. The van der Waals surface area contributed by atoms with Crippen molar-refractivity contribution in [3.05, 3.63) is 54.1 Å². The fourth-order valence-corrected chi connectivity index (χ4v) is 1.85. The highest BCUT2D eigenvalue weighted by atomic mass is 16.5. The molecule has 23 heavy (non-hydrogen) atoms. The van der Waals surface area contributed by atoms with Gasteiger partial charge in [-0.05, 0) is 43.3 Å². The summed E-state index contributed by atoms with van der Waals surface area (Å²) in [4.78, 5) is 23.7. The Morgan fingerprint density at radius 3 is 2.43 bits per heavy atom. The zero-order valence-corrected chi connectivity index (χ0v) is 12.4. The number of para-hydroxylation sites is 1. The number of imide groups is 1. The average Bonchev–Trinajstić information content (AvgIpc) is 2.49. The van der Waals surface area contributed by atoms with E-state index in [0.717, 1.165) is 0 Å². The number of nitrogens with two attached hydrogens (primary N) is 1. The third-order valence-electron chi connectivity index (χ3n) is 2.92. The van der Waals surface area contributed by atoms with Crippen molar-refractivity contribution in [2.24, 2.45) is 0 Å². The zero-order chi connectivity index (χ0) is 16.8. The predicted octanol–water partition coefficient (Wildman–Crippen LogP) is 1.84. The number of benzene rings is 2. The highest BCUT2D eigenvalue weighted by Crippen LogP contribution is 2.16. The van der Waals surface area contributed by atoms with Crippen LogP contribution in [0.2, 0.25) is 0 Å². The lowest BCUT2D eigenvalue weighted by atomic mass is 10.2. The topological polar surface area (TPSA) is 114 Å². The molecule has 1 unspecified atom stereocenters. The first kappa shape index (κ1) is 16.2. The summed E-state index contributed by atoms with van der Waals surface area (Å²) in [5.41, 5.74) is 6.18. The predicted molar refractivity (Wildman–Crippen MR) is 85.0 cm³/mol. The second-order valence-corrected chi connectivity index (χ2v) is 4.77. The van der Waals surface area contributed by atoms with Crippen molar-refractivity contribution < 1.29 is 19.4 Å². The Morgan fingerprint density at radius 2 is 1.78 bits per heavy atom. The molecule has 0 bridgehead atoms. The summed E-state index contributed by atoms with van der Waals surface area (Å²) in [6.07, 6.45) is -0.680. The van der Waals surface area contributed by atoms with Gasteiger partial charge in [0, 0.05) is 5.69 Å². The van der Waals surface area contributed by atoms with Crippen LogP contribution >= 0.6 is 0 Å². The van der Waals surface area contributed by atoms with E-state index in [1.165, 1.54) is 18.2 Å². The first-order valence-electron chi connectivity index (χ1n) is 6.88. The normalized spacial score (nSPS) is 11.3. The van der Waals surface area contributed by atoms with Crippen LogP contribution in [0.3, 0.4) is 0 Å². The first-order valence-corrected chi connectivity index (χ1v) is 6.88. The minimum atomic E-state index is -0.704. The molecular weight excluding hydrogens is 298 g/mol. The molecule has 0 aliphatic heterocycles. The van der Waals surface area contributed by atoms with Gasteiger partial charge < -0.3 is 20.9 Å². The van der Waals surface area contributed by atoms with Crippen LogP contribution in [0, 0.1) is 0 Å². The third-order valence-corrected chi connectivity index (χ3v) is 2.92. The molecule has 3 amide bonds. The maximum absolute atomic E-state index is 11.9. The molecule has 2 aromatic carbocycles. The molecule has 1 atom stereocenters. The second-order valence-electron chi connectivity index (χ2n) is 4.77. The van der Waals surface area contributed by atoms with Gasteiger partial charge in [0.15, 0.2) is 6.23 Å². The second kappa shape index (κ2) is 7.17. The molecule has 120 valence electrons. The van der Waals surface area contributed by atoms with Crippen molar-refractivity contribution >= 4 is 17.6 Å². The van der Waals surface area contributed by atoms with Crippen LogP contribution in [0.4, 0.5) is 10.5 Å². The molecule has 5 N–H and O–H groups in total. The van der Waals surface area contributed by atoms with Crippen molar-refractivity contribution in [3.63, 3.8) is 0 Å². The molecule has 2 aromatic rings. The summed E-state index contributed by atoms with van der Waals surface area (Å²) >= 11 is 0. The monoisotopic (exact) mass is 315 g/mol. The van der Waals surface area contributed by atoms with Crippen LogP contribution in [0.5, 0.6) is 11.5 Å². The molecule has 0 spiro atoms. The Bertz CT molecular complexity index is 701. The number of carbonyl (C=O) groups excluding carboxylic acids is 2. The van der Waals surface area contributed by atoms with Crippen molar-refractivity contribution in [1.82, 2.24) is 10.6 Å². The number of phenolic OH excluding ortho intramolecular Hbond substituents is 1. The molecular formula is C16H17N3O4. The Kier molecular flexibility index (Phi) is 5.03. The third kappa shape index (κ3) is 4.63.